The van der Waals surface area contributed by atoms with Gasteiger partial charge in [-0.15, -0.1) is 11.3 Å². The van der Waals surface area contributed by atoms with Gasteiger partial charge in [-0.25, -0.2) is 25.4 Å². The summed E-state index contributed by atoms with van der Waals surface area (Å²) in [5, 5.41) is 33.5. The van der Waals surface area contributed by atoms with Crippen LogP contribution in [0.5, 0.6) is 11.5 Å². The van der Waals surface area contributed by atoms with Crippen molar-refractivity contribution in [3.63, 3.8) is 0 Å². The molecule has 1 aromatic heterocycles. The SMILES string of the molecule is CC[C@@H](Nc1c(Nc2ccc(Cl)c(S(=O)(=O)N(C)C)c2O)c(=O)c1=O)c1ccc(CCN(C)S(=O)(=O)c2c(Cl)ccc(Nc3c(N[C@@H](c4ccccc4)C4CCC4)c(=O)c3=O)c2O)s1. The Morgan fingerprint density at radius 3 is 1.72 bits per heavy atom. The van der Waals surface area contributed by atoms with Crippen LogP contribution < -0.4 is 43.0 Å². The maximum absolute atomic E-state index is 14.0. The van der Waals surface area contributed by atoms with Crippen LogP contribution in [0.4, 0.5) is 34.1 Å². The molecule has 0 spiro atoms. The first kappa shape index (κ1) is 46.7. The quantitative estimate of drug-likeness (QED) is 0.0363. The number of sulfonamides is 2. The van der Waals surface area contributed by atoms with Crippen LogP contribution in [0.25, 0.3) is 0 Å². The second-order valence-corrected chi connectivity index (χ2v) is 21.7. The van der Waals surface area contributed by atoms with E-state index < -0.39 is 69.1 Å². The zero-order valence-electron chi connectivity index (χ0n) is 34.9. The minimum atomic E-state index is -4.43. The summed E-state index contributed by atoms with van der Waals surface area (Å²) < 4.78 is 55.5. The summed E-state index contributed by atoms with van der Waals surface area (Å²) >= 11 is 13.9. The van der Waals surface area contributed by atoms with Crippen LogP contribution >= 0.6 is 34.5 Å². The predicted molar refractivity (Wildman–Crippen MR) is 251 cm³/mol. The van der Waals surface area contributed by atoms with Crippen LogP contribution in [0, 0.1) is 5.92 Å². The van der Waals surface area contributed by atoms with E-state index in [1.54, 1.807) is 12.1 Å². The van der Waals surface area contributed by atoms with Crippen LogP contribution in [0.1, 0.15) is 60.0 Å². The van der Waals surface area contributed by atoms with Gasteiger partial charge in [0, 0.05) is 37.4 Å². The molecule has 1 fully saturated rings. The lowest BCUT2D eigenvalue weighted by Gasteiger charge is -2.35. The molecule has 7 rings (SSSR count). The van der Waals surface area contributed by atoms with Crippen molar-refractivity contribution in [2.45, 2.75) is 60.9 Å². The second-order valence-electron chi connectivity index (χ2n) is 15.6. The number of rotatable bonds is 19. The topological polar surface area (TPSA) is 232 Å². The Bertz CT molecular complexity index is 3120. The smallest absolute Gasteiger partial charge is 0.253 e. The van der Waals surface area contributed by atoms with Crippen molar-refractivity contribution >= 4 is 88.7 Å². The van der Waals surface area contributed by atoms with E-state index in [1.165, 1.54) is 56.7 Å². The summed E-state index contributed by atoms with van der Waals surface area (Å²) in [7, 11) is -4.76. The molecular weight excluding hydrogens is 928 g/mol. The fourth-order valence-electron chi connectivity index (χ4n) is 7.41. The van der Waals surface area contributed by atoms with Crippen LogP contribution in [0.2, 0.25) is 10.0 Å². The van der Waals surface area contributed by atoms with Gasteiger partial charge in [0.25, 0.3) is 21.7 Å². The molecule has 0 radical (unpaired) electrons. The Labute approximate surface area is 382 Å². The summed E-state index contributed by atoms with van der Waals surface area (Å²) in [5.41, 5.74) is -2.89. The van der Waals surface area contributed by atoms with Crippen molar-refractivity contribution < 1.29 is 27.0 Å². The Morgan fingerprint density at radius 2 is 1.22 bits per heavy atom. The molecule has 1 aliphatic rings. The number of nitrogens with zero attached hydrogens (tertiary/aromatic N) is 2. The van der Waals surface area contributed by atoms with E-state index in [2.05, 4.69) is 21.3 Å². The second kappa shape index (κ2) is 18.3. The molecule has 64 heavy (non-hydrogen) atoms. The summed E-state index contributed by atoms with van der Waals surface area (Å²) in [4.78, 5) is 51.5. The molecule has 338 valence electrons. The molecule has 0 aliphatic heterocycles. The van der Waals surface area contributed by atoms with Gasteiger partial charge in [-0.3, -0.25) is 19.2 Å². The van der Waals surface area contributed by atoms with Crippen LogP contribution in [-0.2, 0) is 26.5 Å². The number of hydrogen-bond acceptors (Lipinski definition) is 15. The summed E-state index contributed by atoms with van der Waals surface area (Å²) in [5.74, 6) is -1.22. The number of nitrogens with one attached hydrogen (secondary N) is 4. The maximum atomic E-state index is 14.0. The van der Waals surface area contributed by atoms with Gasteiger partial charge in [-0.1, -0.05) is 66.9 Å². The number of hydrogen-bond donors (Lipinski definition) is 6. The maximum Gasteiger partial charge on any atom is 0.253 e. The monoisotopic (exact) mass is 970 g/mol. The van der Waals surface area contributed by atoms with Gasteiger partial charge in [-0.05, 0) is 73.6 Å². The third-order valence-electron chi connectivity index (χ3n) is 11.4. The van der Waals surface area contributed by atoms with Gasteiger partial charge in [0.05, 0.1) is 33.5 Å². The normalized spacial score (nSPS) is 14.5. The van der Waals surface area contributed by atoms with Crippen LogP contribution in [-0.4, -0.2) is 63.3 Å². The van der Waals surface area contributed by atoms with Gasteiger partial charge in [0.15, 0.2) is 11.5 Å². The van der Waals surface area contributed by atoms with Crippen molar-refractivity contribution in [1.29, 1.82) is 0 Å². The van der Waals surface area contributed by atoms with E-state index in [-0.39, 0.29) is 69.1 Å². The van der Waals surface area contributed by atoms with Gasteiger partial charge in [0.2, 0.25) is 20.0 Å². The Kier molecular flexibility index (Phi) is 13.4. The summed E-state index contributed by atoms with van der Waals surface area (Å²) in [6, 6.07) is 17.6. The highest BCUT2D eigenvalue weighted by atomic mass is 35.5. The highest BCUT2D eigenvalue weighted by Gasteiger charge is 2.35. The highest BCUT2D eigenvalue weighted by Crippen LogP contribution is 2.44. The number of phenols is 2. The van der Waals surface area contributed by atoms with E-state index in [0.29, 0.717) is 6.42 Å². The van der Waals surface area contributed by atoms with Crippen LogP contribution in [0.15, 0.2) is 95.7 Å². The number of benzene rings is 3. The van der Waals surface area contributed by atoms with Crippen molar-refractivity contribution in [3.05, 3.63) is 133 Å². The summed E-state index contributed by atoms with van der Waals surface area (Å²) in [6.07, 6.45) is 3.63. The van der Waals surface area contributed by atoms with E-state index in [1.807, 2.05) is 37.3 Å². The molecule has 1 saturated carbocycles. The zero-order chi connectivity index (χ0) is 46.4. The minimum Gasteiger partial charge on any atom is -0.504 e. The average Bonchev–Trinajstić information content (AvgIpc) is 3.72. The molecular formula is C43H44Cl2N6O10S3. The number of aromatic hydroxyl groups is 2. The van der Waals surface area contributed by atoms with E-state index in [4.69, 9.17) is 23.2 Å². The molecule has 1 heterocycles. The fourth-order valence-corrected chi connectivity index (χ4v) is 11.8. The standard InChI is InChI=1S/C43H44Cl2N6O10S3/c1-5-27(46-32-33(39(55)38(32)54)47-28-17-15-25(44)42(36(28)52)63(58,59)50(2)3)30-19-14-24(62-30)20-21-51(4)64(60,61)43-26(45)16-18-29(37(43)53)48-34-35(41(57)40(34)56)49-31(23-12-9-13-23)22-10-7-6-8-11-22/h6-8,10-11,14-19,23,27,31,46-49,52-53H,5,9,12-13,20-21H2,1-4H3/t27-,31+/m1/s1. The van der Waals surface area contributed by atoms with Gasteiger partial charge >= 0.3 is 0 Å². The van der Waals surface area contributed by atoms with Crippen molar-refractivity contribution in [2.75, 3.05) is 49.0 Å². The number of halogens is 2. The Balaban J connectivity index is 1.04. The van der Waals surface area contributed by atoms with E-state index >= 15 is 0 Å². The third kappa shape index (κ3) is 8.65. The molecule has 0 unspecified atom stereocenters. The average molecular weight is 972 g/mol. The lowest BCUT2D eigenvalue weighted by Crippen LogP contribution is -2.39. The Hall–Kier alpha value is -5.28. The number of likely N-dealkylation sites (N-methyl/N-ethyl adjacent to an activating group) is 1. The minimum absolute atomic E-state index is 0.0451. The first-order chi connectivity index (χ1) is 30.3. The van der Waals surface area contributed by atoms with Gasteiger partial charge < -0.3 is 31.5 Å². The largest absolute Gasteiger partial charge is 0.504 e. The molecule has 21 heteroatoms. The molecule has 0 saturated heterocycles. The third-order valence-corrected chi connectivity index (χ3v) is 17.4. The van der Waals surface area contributed by atoms with Crippen LogP contribution in [0.3, 0.4) is 0 Å². The summed E-state index contributed by atoms with van der Waals surface area (Å²) in [6.45, 7) is 1.80. The molecule has 16 nitrogen and oxygen atoms in total. The van der Waals surface area contributed by atoms with Gasteiger partial charge in [0.1, 0.15) is 32.5 Å². The molecule has 6 aromatic rings. The first-order valence-corrected chi connectivity index (χ1v) is 24.5. The number of phenolic OH excluding ortho intramolecular Hbond substituents is 2. The van der Waals surface area contributed by atoms with E-state index in [0.717, 1.165) is 43.2 Å². The fraction of sp³-hybridized carbons (Fsp3) is 0.302. The molecule has 0 bridgehead atoms. The Morgan fingerprint density at radius 1 is 0.703 bits per heavy atom. The number of anilines is 6. The van der Waals surface area contributed by atoms with Crippen molar-refractivity contribution in [2.24, 2.45) is 5.92 Å². The molecule has 0 amide bonds. The predicted octanol–water partition coefficient (Wildman–Crippen LogP) is 6.78. The van der Waals surface area contributed by atoms with Gasteiger partial charge in [-0.2, -0.15) is 0 Å². The highest BCUT2D eigenvalue weighted by molar-refractivity contribution is 7.89. The number of thiophene rings is 1. The molecule has 1 aliphatic carbocycles. The zero-order valence-corrected chi connectivity index (χ0v) is 38.8. The van der Waals surface area contributed by atoms with Crippen molar-refractivity contribution in [1.82, 2.24) is 8.61 Å². The molecule has 2 atom stereocenters. The lowest BCUT2D eigenvalue weighted by atomic mass is 9.77. The van der Waals surface area contributed by atoms with Crippen molar-refractivity contribution in [3.8, 4) is 11.5 Å². The molecule has 6 N–H and O–H groups in total. The first-order valence-electron chi connectivity index (χ1n) is 20.1. The molecule has 5 aromatic carbocycles. The van der Waals surface area contributed by atoms with E-state index in [9.17, 15) is 46.2 Å². The lowest BCUT2D eigenvalue weighted by molar-refractivity contribution is 0.277.